The van der Waals surface area contributed by atoms with Gasteiger partial charge in [-0.1, -0.05) is 49.2 Å². The van der Waals surface area contributed by atoms with Crippen molar-refractivity contribution in [2.24, 2.45) is 11.7 Å². The number of amides is 6. The van der Waals surface area contributed by atoms with Crippen LogP contribution in [0.15, 0.2) is 0 Å². The van der Waals surface area contributed by atoms with Crippen molar-refractivity contribution in [1.29, 1.82) is 0 Å². The Labute approximate surface area is 223 Å². The average molecular weight is 608 g/mol. The SMILES string of the molecule is BC[C@H](C)NC(=O)[C@H](CCCNC(N)=O)NC(=O)C(NC(=O)CCCCCNC(=O)CI)C(C)C. The normalized spacial score (nSPS) is 13.3. The summed E-state index contributed by atoms with van der Waals surface area (Å²) in [4.78, 5) is 60.3. The van der Waals surface area contributed by atoms with Crippen LogP contribution in [0, 0.1) is 5.92 Å². The summed E-state index contributed by atoms with van der Waals surface area (Å²) in [5.41, 5.74) is 5.07. The van der Waals surface area contributed by atoms with Gasteiger partial charge in [0.05, 0.1) is 4.43 Å². The van der Waals surface area contributed by atoms with E-state index in [2.05, 4.69) is 26.6 Å². The zero-order valence-corrected chi connectivity index (χ0v) is 23.5. The predicted molar refractivity (Wildman–Crippen MR) is 147 cm³/mol. The fourth-order valence-corrected chi connectivity index (χ4v) is 3.41. The number of alkyl halides is 1. The van der Waals surface area contributed by atoms with Crippen LogP contribution in [-0.4, -0.2) is 73.1 Å². The first kappa shape index (κ1) is 32.9. The summed E-state index contributed by atoms with van der Waals surface area (Å²) in [6.45, 7) is 6.39. The Morgan fingerprint density at radius 1 is 0.829 bits per heavy atom. The maximum Gasteiger partial charge on any atom is 0.312 e. The highest BCUT2D eigenvalue weighted by atomic mass is 127. The molecular formula is C22H42BIN6O5. The lowest BCUT2D eigenvalue weighted by Gasteiger charge is -2.26. The number of nitrogens with one attached hydrogen (secondary N) is 5. The van der Waals surface area contributed by atoms with E-state index in [1.54, 1.807) is 0 Å². The van der Waals surface area contributed by atoms with E-state index >= 15 is 0 Å². The van der Waals surface area contributed by atoms with E-state index in [4.69, 9.17) is 5.73 Å². The second-order valence-corrected chi connectivity index (χ2v) is 9.66. The zero-order chi connectivity index (χ0) is 26.8. The van der Waals surface area contributed by atoms with Crippen molar-refractivity contribution in [2.45, 2.75) is 83.7 Å². The summed E-state index contributed by atoms with van der Waals surface area (Å²) in [6.07, 6.45) is 3.97. The maximum absolute atomic E-state index is 13.0. The molecule has 13 heteroatoms. The van der Waals surface area contributed by atoms with Crippen molar-refractivity contribution in [3.05, 3.63) is 0 Å². The molecule has 0 rings (SSSR count). The number of urea groups is 1. The molecule has 3 atom stereocenters. The lowest BCUT2D eigenvalue weighted by atomic mass is 9.98. The van der Waals surface area contributed by atoms with Crippen molar-refractivity contribution in [3.8, 4) is 0 Å². The first-order valence-corrected chi connectivity index (χ1v) is 13.8. The van der Waals surface area contributed by atoms with Crippen molar-refractivity contribution in [1.82, 2.24) is 26.6 Å². The summed E-state index contributed by atoms with van der Waals surface area (Å²) in [5.74, 6) is -1.16. The molecule has 0 saturated heterocycles. The van der Waals surface area contributed by atoms with Crippen LogP contribution in [0.5, 0.6) is 0 Å². The minimum atomic E-state index is -0.804. The Morgan fingerprint density at radius 2 is 1.49 bits per heavy atom. The molecule has 35 heavy (non-hydrogen) atoms. The van der Waals surface area contributed by atoms with Gasteiger partial charge < -0.3 is 32.3 Å². The molecule has 0 bridgehead atoms. The van der Waals surface area contributed by atoms with Crippen LogP contribution in [0.1, 0.15) is 59.3 Å². The van der Waals surface area contributed by atoms with Gasteiger partial charge in [-0.05, 0) is 38.5 Å². The fraction of sp³-hybridized carbons (Fsp3) is 0.773. The minimum absolute atomic E-state index is 0.00519. The van der Waals surface area contributed by atoms with Gasteiger partial charge in [0.1, 0.15) is 19.9 Å². The van der Waals surface area contributed by atoms with Crippen LogP contribution in [0.2, 0.25) is 6.32 Å². The Bertz CT molecular complexity index is 697. The molecule has 0 aromatic rings. The number of carbonyl (C=O) groups excluding carboxylic acids is 5. The first-order chi connectivity index (χ1) is 16.5. The summed E-state index contributed by atoms with van der Waals surface area (Å²) >= 11 is 2.00. The second kappa shape index (κ2) is 19.2. The number of unbranched alkanes of at least 4 members (excludes halogenated alkanes) is 2. The summed E-state index contributed by atoms with van der Waals surface area (Å²) in [7, 11) is 1.95. The Hall–Kier alpha value is -2.06. The smallest absolute Gasteiger partial charge is 0.312 e. The molecule has 0 aromatic carbocycles. The van der Waals surface area contributed by atoms with Crippen LogP contribution in [0.25, 0.3) is 0 Å². The molecule has 0 aliphatic heterocycles. The van der Waals surface area contributed by atoms with E-state index in [1.165, 1.54) is 0 Å². The van der Waals surface area contributed by atoms with Crippen LogP contribution in [-0.2, 0) is 19.2 Å². The van der Waals surface area contributed by atoms with Gasteiger partial charge in [0.25, 0.3) is 0 Å². The summed E-state index contributed by atoms with van der Waals surface area (Å²) < 4.78 is 0.420. The molecule has 1 unspecified atom stereocenters. The van der Waals surface area contributed by atoms with Gasteiger partial charge in [-0.15, -0.1) is 0 Å². The van der Waals surface area contributed by atoms with Crippen molar-refractivity contribution < 1.29 is 24.0 Å². The van der Waals surface area contributed by atoms with E-state index in [-0.39, 0.29) is 42.6 Å². The Balaban J connectivity index is 4.85. The zero-order valence-electron chi connectivity index (χ0n) is 21.4. The largest absolute Gasteiger partial charge is 0.355 e. The molecule has 7 N–H and O–H groups in total. The Morgan fingerprint density at radius 3 is 2.06 bits per heavy atom. The van der Waals surface area contributed by atoms with Crippen molar-refractivity contribution in [3.63, 3.8) is 0 Å². The minimum Gasteiger partial charge on any atom is -0.355 e. The van der Waals surface area contributed by atoms with Crippen LogP contribution in [0.4, 0.5) is 4.79 Å². The molecule has 0 fully saturated rings. The first-order valence-electron chi connectivity index (χ1n) is 12.3. The topological polar surface area (TPSA) is 172 Å². The monoisotopic (exact) mass is 608 g/mol. The number of hydrogen-bond donors (Lipinski definition) is 6. The number of rotatable bonds is 18. The molecule has 11 nitrogen and oxygen atoms in total. The van der Waals surface area contributed by atoms with Gasteiger partial charge in [-0.2, -0.15) is 0 Å². The molecule has 0 aliphatic carbocycles. The van der Waals surface area contributed by atoms with Crippen LogP contribution >= 0.6 is 22.6 Å². The third-order valence-electron chi connectivity index (χ3n) is 5.39. The molecule has 200 valence electrons. The molecular weight excluding hydrogens is 566 g/mol. The van der Waals surface area contributed by atoms with Crippen molar-refractivity contribution >= 4 is 60.1 Å². The van der Waals surface area contributed by atoms with Crippen molar-refractivity contribution in [2.75, 3.05) is 17.5 Å². The van der Waals surface area contributed by atoms with Gasteiger partial charge in [-0.3, -0.25) is 19.2 Å². The molecule has 0 spiro atoms. The molecule has 0 aliphatic rings. The number of nitrogens with two attached hydrogens (primary N) is 1. The van der Waals surface area contributed by atoms with Crippen LogP contribution in [0.3, 0.4) is 0 Å². The number of halogens is 1. The number of hydrogen-bond acceptors (Lipinski definition) is 5. The van der Waals surface area contributed by atoms with E-state index in [1.807, 2.05) is 51.2 Å². The standard InChI is InChI=1S/C22H42BIN6O5/c1-14(2)19(30-17(31)9-5-4-6-10-26-18(32)13-24)21(34)29-16(8-7-11-27-22(25)35)20(33)28-15(3)12-23/h14-16,19H,4-13,23H2,1-3H3,(H,26,32)(H,28,33)(H,29,34)(H,30,31)(H3,25,27,35)/t15-,16-,19?/m0/s1. The molecule has 0 radical (unpaired) electrons. The molecule has 0 aromatic heterocycles. The average Bonchev–Trinajstić information content (AvgIpc) is 2.80. The van der Waals surface area contributed by atoms with Crippen LogP contribution < -0.4 is 32.3 Å². The van der Waals surface area contributed by atoms with E-state index < -0.39 is 24.0 Å². The molecule has 0 saturated carbocycles. The number of carbonyl (C=O) groups is 5. The molecule has 0 heterocycles. The Kier molecular flexibility index (Phi) is 18.0. The summed E-state index contributed by atoms with van der Waals surface area (Å²) in [6, 6.07) is -2.29. The highest BCUT2D eigenvalue weighted by molar-refractivity contribution is 14.1. The van der Waals surface area contributed by atoms with E-state index in [0.717, 1.165) is 19.2 Å². The second-order valence-electron chi connectivity index (χ2n) is 8.90. The van der Waals surface area contributed by atoms with Gasteiger partial charge in [0.2, 0.25) is 23.6 Å². The lowest BCUT2D eigenvalue weighted by molar-refractivity contribution is -0.133. The third-order valence-corrected chi connectivity index (χ3v) is 6.09. The highest BCUT2D eigenvalue weighted by Crippen LogP contribution is 2.07. The van der Waals surface area contributed by atoms with E-state index in [9.17, 15) is 24.0 Å². The molecule has 6 amide bonds. The van der Waals surface area contributed by atoms with E-state index in [0.29, 0.717) is 30.2 Å². The fourth-order valence-electron chi connectivity index (χ4n) is 3.14. The van der Waals surface area contributed by atoms with Gasteiger partial charge in [0, 0.05) is 25.6 Å². The van der Waals surface area contributed by atoms with Gasteiger partial charge >= 0.3 is 6.03 Å². The highest BCUT2D eigenvalue weighted by Gasteiger charge is 2.28. The van der Waals surface area contributed by atoms with Gasteiger partial charge in [0.15, 0.2) is 0 Å². The quantitative estimate of drug-likeness (QED) is 0.0544. The predicted octanol–water partition coefficient (Wildman–Crippen LogP) is -0.272. The lowest BCUT2D eigenvalue weighted by Crippen LogP contribution is -2.56. The number of primary amides is 1. The maximum atomic E-state index is 13.0. The van der Waals surface area contributed by atoms with Gasteiger partial charge in [-0.25, -0.2) is 4.79 Å². The summed E-state index contributed by atoms with van der Waals surface area (Å²) in [5, 5.41) is 13.7. The third kappa shape index (κ3) is 16.3.